The molecule has 1 saturated heterocycles. The molecule has 120 valence electrons. The number of ether oxygens (including phenoxy) is 1. The van der Waals surface area contributed by atoms with Gasteiger partial charge in [0.15, 0.2) is 0 Å². The van der Waals surface area contributed by atoms with Crippen LogP contribution in [0.15, 0.2) is 0 Å². The fourth-order valence-electron chi connectivity index (χ4n) is 3.77. The average molecular weight is 297 g/mol. The molecule has 1 N–H and O–H groups in total. The molecular formula is C16H27NO4. The molecule has 0 spiro atoms. The summed E-state index contributed by atoms with van der Waals surface area (Å²) in [5.41, 5.74) is -0.912. The topological polar surface area (TPSA) is 66.8 Å². The summed E-state index contributed by atoms with van der Waals surface area (Å²) in [6, 6.07) is 0. The Labute approximate surface area is 126 Å². The van der Waals surface area contributed by atoms with E-state index in [-0.39, 0.29) is 18.4 Å². The van der Waals surface area contributed by atoms with Crippen molar-refractivity contribution < 1.29 is 19.4 Å². The van der Waals surface area contributed by atoms with Crippen molar-refractivity contribution in [3.8, 4) is 0 Å². The van der Waals surface area contributed by atoms with Gasteiger partial charge >= 0.3 is 5.97 Å². The number of carbonyl (C=O) groups excluding carboxylic acids is 1. The minimum absolute atomic E-state index is 0.0972. The number of carbonyl (C=O) groups is 2. The minimum atomic E-state index is -0.912. The van der Waals surface area contributed by atoms with E-state index in [2.05, 4.69) is 6.92 Å². The summed E-state index contributed by atoms with van der Waals surface area (Å²) < 4.78 is 5.07. The molecule has 2 fully saturated rings. The molecule has 2 aliphatic rings. The molecule has 21 heavy (non-hydrogen) atoms. The lowest BCUT2D eigenvalue weighted by atomic mass is 9.80. The highest BCUT2D eigenvalue weighted by atomic mass is 16.5. The number of rotatable bonds is 5. The van der Waals surface area contributed by atoms with Gasteiger partial charge in [-0.3, -0.25) is 9.59 Å². The van der Waals surface area contributed by atoms with Crippen LogP contribution in [0.25, 0.3) is 0 Å². The molecule has 0 aromatic carbocycles. The van der Waals surface area contributed by atoms with Crippen LogP contribution in [0.3, 0.4) is 0 Å². The first-order valence-electron chi connectivity index (χ1n) is 8.03. The van der Waals surface area contributed by atoms with E-state index in [0.717, 1.165) is 31.6 Å². The number of carboxylic acid groups (broad SMARTS) is 1. The fourth-order valence-corrected chi connectivity index (χ4v) is 3.77. The van der Waals surface area contributed by atoms with E-state index in [1.165, 1.54) is 13.5 Å². The zero-order chi connectivity index (χ0) is 15.5. The first-order valence-corrected chi connectivity index (χ1v) is 8.03. The normalized spacial score (nSPS) is 33.1. The van der Waals surface area contributed by atoms with E-state index in [1.807, 2.05) is 0 Å². The second-order valence-electron chi connectivity index (χ2n) is 6.65. The van der Waals surface area contributed by atoms with Crippen LogP contribution in [0.1, 0.15) is 45.4 Å². The Hall–Kier alpha value is -1.10. The molecule has 1 unspecified atom stereocenters. The van der Waals surface area contributed by atoms with Crippen molar-refractivity contribution in [1.29, 1.82) is 0 Å². The van der Waals surface area contributed by atoms with E-state index in [4.69, 9.17) is 4.74 Å². The van der Waals surface area contributed by atoms with E-state index in [9.17, 15) is 14.7 Å². The molecule has 0 aromatic rings. The number of aliphatic carboxylic acids is 1. The minimum Gasteiger partial charge on any atom is -0.481 e. The predicted octanol–water partition coefficient (Wildman–Crippen LogP) is 2.15. The Morgan fingerprint density at radius 1 is 1.29 bits per heavy atom. The quantitative estimate of drug-likeness (QED) is 0.844. The largest absolute Gasteiger partial charge is 0.481 e. The van der Waals surface area contributed by atoms with Crippen LogP contribution in [0.2, 0.25) is 0 Å². The first kappa shape index (κ1) is 16.3. The smallest absolute Gasteiger partial charge is 0.313 e. The molecule has 0 aromatic heterocycles. The lowest BCUT2D eigenvalue weighted by Crippen LogP contribution is -2.42. The van der Waals surface area contributed by atoms with Gasteiger partial charge in [0.25, 0.3) is 0 Å². The third-order valence-corrected chi connectivity index (χ3v) is 5.31. The van der Waals surface area contributed by atoms with Crippen molar-refractivity contribution in [2.45, 2.75) is 45.4 Å². The molecule has 5 heteroatoms. The molecule has 1 aliphatic heterocycles. The molecule has 1 heterocycles. The van der Waals surface area contributed by atoms with Gasteiger partial charge in [0, 0.05) is 26.1 Å². The van der Waals surface area contributed by atoms with E-state index in [1.54, 1.807) is 4.90 Å². The van der Waals surface area contributed by atoms with Crippen LogP contribution in [-0.2, 0) is 14.3 Å². The molecule has 2 rings (SSSR count). The zero-order valence-electron chi connectivity index (χ0n) is 13.1. The maximum Gasteiger partial charge on any atom is 0.313 e. The number of hydrogen-bond acceptors (Lipinski definition) is 3. The van der Waals surface area contributed by atoms with Crippen molar-refractivity contribution in [3.63, 3.8) is 0 Å². The number of methoxy groups -OCH3 is 1. The molecule has 1 saturated carbocycles. The molecule has 5 nitrogen and oxygen atoms in total. The lowest BCUT2D eigenvalue weighted by Gasteiger charge is -2.31. The highest BCUT2D eigenvalue weighted by molar-refractivity contribution is 5.82. The average Bonchev–Trinajstić information content (AvgIpc) is 2.93. The summed E-state index contributed by atoms with van der Waals surface area (Å²) in [5, 5.41) is 9.45. The van der Waals surface area contributed by atoms with Gasteiger partial charge in [0.05, 0.1) is 6.61 Å². The highest BCUT2D eigenvalue weighted by Crippen LogP contribution is 2.36. The summed E-state index contributed by atoms with van der Waals surface area (Å²) >= 11 is 0. The standard InChI is InChI=1S/C16H27NO4/c1-3-12-4-6-13(7-5-12)14(18)17-9-8-16(10-17,11-21-2)15(19)20/h12-13H,3-11H2,1-2H3,(H,19,20). The van der Waals surface area contributed by atoms with Crippen molar-refractivity contribution in [3.05, 3.63) is 0 Å². The monoisotopic (exact) mass is 297 g/mol. The number of carboxylic acids is 1. The second-order valence-corrected chi connectivity index (χ2v) is 6.65. The summed E-state index contributed by atoms with van der Waals surface area (Å²) in [6.45, 7) is 3.22. The maximum atomic E-state index is 12.6. The highest BCUT2D eigenvalue weighted by Gasteiger charge is 2.47. The molecule has 0 radical (unpaired) electrons. The van der Waals surface area contributed by atoms with Gasteiger partial charge in [-0.25, -0.2) is 0 Å². The van der Waals surface area contributed by atoms with Crippen molar-refractivity contribution in [1.82, 2.24) is 4.90 Å². The van der Waals surface area contributed by atoms with Crippen LogP contribution < -0.4 is 0 Å². The summed E-state index contributed by atoms with van der Waals surface area (Å²) in [4.78, 5) is 25.9. The van der Waals surface area contributed by atoms with Gasteiger partial charge in [-0.05, 0) is 38.0 Å². The number of amides is 1. The van der Waals surface area contributed by atoms with Crippen LogP contribution >= 0.6 is 0 Å². The van der Waals surface area contributed by atoms with Crippen LogP contribution in [0.4, 0.5) is 0 Å². The predicted molar refractivity (Wildman–Crippen MR) is 78.9 cm³/mol. The maximum absolute atomic E-state index is 12.6. The Bertz CT molecular complexity index is 390. The summed E-state index contributed by atoms with van der Waals surface area (Å²) in [5.74, 6) is 0.164. The van der Waals surface area contributed by atoms with Crippen LogP contribution in [0, 0.1) is 17.3 Å². The Morgan fingerprint density at radius 2 is 1.95 bits per heavy atom. The van der Waals surface area contributed by atoms with E-state index in [0.29, 0.717) is 19.5 Å². The van der Waals surface area contributed by atoms with E-state index < -0.39 is 11.4 Å². The zero-order valence-corrected chi connectivity index (χ0v) is 13.1. The van der Waals surface area contributed by atoms with Gasteiger partial charge in [0.1, 0.15) is 5.41 Å². The molecule has 1 atom stereocenters. The van der Waals surface area contributed by atoms with E-state index >= 15 is 0 Å². The van der Waals surface area contributed by atoms with Gasteiger partial charge in [-0.2, -0.15) is 0 Å². The van der Waals surface area contributed by atoms with Crippen molar-refractivity contribution in [2.24, 2.45) is 17.3 Å². The van der Waals surface area contributed by atoms with Gasteiger partial charge in [-0.1, -0.05) is 13.3 Å². The molecule has 0 bridgehead atoms. The number of nitrogens with zero attached hydrogens (tertiary/aromatic N) is 1. The van der Waals surface area contributed by atoms with Gasteiger partial charge in [0.2, 0.25) is 5.91 Å². The summed E-state index contributed by atoms with van der Waals surface area (Å²) in [6.07, 6.45) is 5.86. The van der Waals surface area contributed by atoms with Crippen LogP contribution in [-0.4, -0.2) is 48.7 Å². The Kier molecular flexibility index (Phi) is 5.25. The molecule has 1 aliphatic carbocycles. The third kappa shape index (κ3) is 3.39. The van der Waals surface area contributed by atoms with Crippen molar-refractivity contribution in [2.75, 3.05) is 26.8 Å². The first-order chi connectivity index (χ1) is 10.0. The Balaban J connectivity index is 1.94. The van der Waals surface area contributed by atoms with Crippen molar-refractivity contribution >= 4 is 11.9 Å². The van der Waals surface area contributed by atoms with Gasteiger partial charge in [-0.15, -0.1) is 0 Å². The second kappa shape index (κ2) is 6.77. The van der Waals surface area contributed by atoms with Crippen LogP contribution in [0.5, 0.6) is 0 Å². The number of likely N-dealkylation sites (tertiary alicyclic amines) is 1. The lowest BCUT2D eigenvalue weighted by molar-refractivity contribution is -0.152. The Morgan fingerprint density at radius 3 is 2.48 bits per heavy atom. The molecule has 1 amide bonds. The fraction of sp³-hybridized carbons (Fsp3) is 0.875. The third-order valence-electron chi connectivity index (χ3n) is 5.31. The SMILES string of the molecule is CCC1CCC(C(=O)N2CCC(COC)(C(=O)O)C2)CC1. The summed E-state index contributed by atoms with van der Waals surface area (Å²) in [7, 11) is 1.52. The number of hydrogen-bond donors (Lipinski definition) is 1. The molecular weight excluding hydrogens is 270 g/mol. The van der Waals surface area contributed by atoms with Gasteiger partial charge < -0.3 is 14.7 Å².